The summed E-state index contributed by atoms with van der Waals surface area (Å²) in [7, 11) is 1.68. The van der Waals surface area contributed by atoms with E-state index in [1.165, 1.54) is 11.0 Å². The van der Waals surface area contributed by atoms with Crippen LogP contribution < -0.4 is 0 Å². The molecule has 0 fully saturated rings. The van der Waals surface area contributed by atoms with E-state index in [9.17, 15) is 4.79 Å². The van der Waals surface area contributed by atoms with Gasteiger partial charge in [0.15, 0.2) is 0 Å². The SMILES string of the molecule is C=CCOC(=O)N(C)CCCCl. The Kier molecular flexibility index (Phi) is 6.57. The summed E-state index contributed by atoms with van der Waals surface area (Å²) in [5.74, 6) is 0.555. The topological polar surface area (TPSA) is 29.5 Å². The average molecular weight is 192 g/mol. The summed E-state index contributed by atoms with van der Waals surface area (Å²) >= 11 is 5.46. The number of alkyl halides is 1. The maximum Gasteiger partial charge on any atom is 0.409 e. The fourth-order valence-electron chi connectivity index (χ4n) is 0.629. The van der Waals surface area contributed by atoms with Gasteiger partial charge in [-0.3, -0.25) is 0 Å². The van der Waals surface area contributed by atoms with E-state index in [4.69, 9.17) is 16.3 Å². The number of nitrogens with zero attached hydrogens (tertiary/aromatic N) is 1. The second-order valence-corrected chi connectivity index (χ2v) is 2.71. The Bertz CT molecular complexity index is 150. The lowest BCUT2D eigenvalue weighted by Crippen LogP contribution is -2.28. The lowest BCUT2D eigenvalue weighted by atomic mass is 10.4. The summed E-state index contributed by atoms with van der Waals surface area (Å²) in [6, 6.07) is 0. The van der Waals surface area contributed by atoms with Gasteiger partial charge in [-0.05, 0) is 6.42 Å². The minimum atomic E-state index is -0.333. The summed E-state index contributed by atoms with van der Waals surface area (Å²) in [5.41, 5.74) is 0. The highest BCUT2D eigenvalue weighted by molar-refractivity contribution is 6.17. The van der Waals surface area contributed by atoms with Gasteiger partial charge in [-0.1, -0.05) is 12.7 Å². The Morgan fingerprint density at radius 1 is 1.75 bits per heavy atom. The number of amides is 1. The van der Waals surface area contributed by atoms with Crippen molar-refractivity contribution in [3.63, 3.8) is 0 Å². The van der Waals surface area contributed by atoms with Crippen LogP contribution >= 0.6 is 11.6 Å². The van der Waals surface area contributed by atoms with E-state index in [-0.39, 0.29) is 12.7 Å². The van der Waals surface area contributed by atoms with E-state index < -0.39 is 0 Å². The van der Waals surface area contributed by atoms with Gasteiger partial charge < -0.3 is 9.64 Å². The molecular formula is C8H14ClNO2. The maximum absolute atomic E-state index is 11.0. The molecule has 0 atom stereocenters. The Balaban J connectivity index is 3.53. The predicted octanol–water partition coefficient (Wildman–Crippen LogP) is 1.87. The minimum absolute atomic E-state index is 0.254. The van der Waals surface area contributed by atoms with Gasteiger partial charge in [-0.2, -0.15) is 0 Å². The van der Waals surface area contributed by atoms with Crippen molar-refractivity contribution in [3.05, 3.63) is 12.7 Å². The highest BCUT2D eigenvalue weighted by Crippen LogP contribution is 1.93. The van der Waals surface area contributed by atoms with Crippen LogP contribution in [-0.4, -0.2) is 37.1 Å². The molecule has 70 valence electrons. The molecule has 0 radical (unpaired) electrons. The third kappa shape index (κ3) is 5.02. The molecule has 0 aromatic heterocycles. The zero-order valence-corrected chi connectivity index (χ0v) is 8.01. The maximum atomic E-state index is 11.0. The van der Waals surface area contributed by atoms with Crippen LogP contribution in [0.1, 0.15) is 6.42 Å². The highest BCUT2D eigenvalue weighted by atomic mass is 35.5. The molecule has 0 aliphatic carbocycles. The van der Waals surface area contributed by atoms with Gasteiger partial charge in [0, 0.05) is 19.5 Å². The van der Waals surface area contributed by atoms with Crippen molar-refractivity contribution in [2.45, 2.75) is 6.42 Å². The summed E-state index contributed by atoms with van der Waals surface area (Å²) in [5, 5.41) is 0. The molecule has 0 N–H and O–H groups in total. The second kappa shape index (κ2) is 6.98. The fourth-order valence-corrected chi connectivity index (χ4v) is 0.748. The highest BCUT2D eigenvalue weighted by Gasteiger charge is 2.07. The third-order valence-electron chi connectivity index (χ3n) is 1.26. The molecule has 0 aromatic rings. The third-order valence-corrected chi connectivity index (χ3v) is 1.53. The lowest BCUT2D eigenvalue weighted by Gasteiger charge is -2.15. The number of carbonyl (C=O) groups excluding carboxylic acids is 1. The molecule has 0 heterocycles. The van der Waals surface area contributed by atoms with Crippen molar-refractivity contribution < 1.29 is 9.53 Å². The van der Waals surface area contributed by atoms with Crippen LogP contribution in [0.3, 0.4) is 0 Å². The van der Waals surface area contributed by atoms with Crippen molar-refractivity contribution >= 4 is 17.7 Å². The first-order valence-corrected chi connectivity index (χ1v) is 4.30. The summed E-state index contributed by atoms with van der Waals surface area (Å²) in [4.78, 5) is 12.5. The molecule has 0 spiro atoms. The number of halogens is 1. The van der Waals surface area contributed by atoms with Gasteiger partial charge in [0.1, 0.15) is 6.61 Å². The van der Waals surface area contributed by atoms with Crippen LogP contribution in [0.2, 0.25) is 0 Å². The number of hydrogen-bond acceptors (Lipinski definition) is 2. The van der Waals surface area contributed by atoms with Crippen LogP contribution in [0, 0.1) is 0 Å². The Hall–Kier alpha value is -0.700. The molecule has 12 heavy (non-hydrogen) atoms. The molecule has 0 aliphatic rings. The predicted molar refractivity (Wildman–Crippen MR) is 49.5 cm³/mol. The quantitative estimate of drug-likeness (QED) is 0.491. The van der Waals surface area contributed by atoms with Crippen LogP contribution in [0.4, 0.5) is 4.79 Å². The summed E-state index contributed by atoms with van der Waals surface area (Å²) < 4.78 is 4.78. The van der Waals surface area contributed by atoms with E-state index >= 15 is 0 Å². The lowest BCUT2D eigenvalue weighted by molar-refractivity contribution is 0.122. The van der Waals surface area contributed by atoms with Gasteiger partial charge in [0.25, 0.3) is 0 Å². The van der Waals surface area contributed by atoms with E-state index in [1.807, 2.05) is 0 Å². The zero-order valence-electron chi connectivity index (χ0n) is 7.25. The largest absolute Gasteiger partial charge is 0.445 e. The number of rotatable bonds is 5. The molecule has 0 unspecified atom stereocenters. The molecule has 1 amide bonds. The van der Waals surface area contributed by atoms with Crippen LogP contribution in [0.15, 0.2) is 12.7 Å². The van der Waals surface area contributed by atoms with E-state index in [0.717, 1.165) is 6.42 Å². The van der Waals surface area contributed by atoms with Crippen LogP contribution in [-0.2, 0) is 4.74 Å². The zero-order chi connectivity index (χ0) is 9.40. The number of carbonyl (C=O) groups is 1. The number of ether oxygens (including phenoxy) is 1. The van der Waals surface area contributed by atoms with Crippen molar-refractivity contribution in [2.24, 2.45) is 0 Å². The van der Waals surface area contributed by atoms with E-state index in [2.05, 4.69) is 6.58 Å². The molecule has 0 saturated heterocycles. The van der Waals surface area contributed by atoms with Crippen molar-refractivity contribution in [1.82, 2.24) is 4.90 Å². The van der Waals surface area contributed by atoms with Gasteiger partial charge in [0.2, 0.25) is 0 Å². The molecule has 0 bridgehead atoms. The Morgan fingerprint density at radius 3 is 2.92 bits per heavy atom. The minimum Gasteiger partial charge on any atom is -0.445 e. The Morgan fingerprint density at radius 2 is 2.42 bits per heavy atom. The molecule has 0 aliphatic heterocycles. The first-order valence-electron chi connectivity index (χ1n) is 3.77. The normalized spacial score (nSPS) is 9.17. The van der Waals surface area contributed by atoms with Crippen molar-refractivity contribution in [3.8, 4) is 0 Å². The molecule has 3 nitrogen and oxygen atoms in total. The van der Waals surface area contributed by atoms with Crippen LogP contribution in [0.5, 0.6) is 0 Å². The molecule has 0 aromatic carbocycles. The summed E-state index contributed by atoms with van der Waals surface area (Å²) in [6.45, 7) is 4.32. The average Bonchev–Trinajstić information content (AvgIpc) is 2.10. The molecule has 0 rings (SSSR count). The van der Waals surface area contributed by atoms with Gasteiger partial charge in [0.05, 0.1) is 0 Å². The first kappa shape index (κ1) is 11.3. The Labute approximate surface area is 77.9 Å². The molecule has 4 heteroatoms. The second-order valence-electron chi connectivity index (χ2n) is 2.33. The van der Waals surface area contributed by atoms with Gasteiger partial charge in [-0.25, -0.2) is 4.79 Å². The van der Waals surface area contributed by atoms with Gasteiger partial charge >= 0.3 is 6.09 Å². The van der Waals surface area contributed by atoms with Crippen molar-refractivity contribution in [2.75, 3.05) is 26.1 Å². The standard InChI is InChI=1S/C8H14ClNO2/c1-3-7-12-8(11)10(2)6-4-5-9/h3H,1,4-7H2,2H3. The van der Waals surface area contributed by atoms with Gasteiger partial charge in [-0.15, -0.1) is 11.6 Å². The van der Waals surface area contributed by atoms with Crippen LogP contribution in [0.25, 0.3) is 0 Å². The summed E-state index contributed by atoms with van der Waals surface area (Å²) in [6.07, 6.45) is 1.98. The smallest absolute Gasteiger partial charge is 0.409 e. The molecule has 0 saturated carbocycles. The number of hydrogen-bond donors (Lipinski definition) is 0. The first-order chi connectivity index (χ1) is 5.72. The molecular weight excluding hydrogens is 178 g/mol. The monoisotopic (exact) mass is 191 g/mol. The fraction of sp³-hybridized carbons (Fsp3) is 0.625. The van der Waals surface area contributed by atoms with E-state index in [0.29, 0.717) is 12.4 Å². The van der Waals surface area contributed by atoms with Crippen molar-refractivity contribution in [1.29, 1.82) is 0 Å². The van der Waals surface area contributed by atoms with E-state index in [1.54, 1.807) is 7.05 Å².